The molecule has 0 aliphatic rings. The van der Waals surface area contributed by atoms with E-state index in [1.807, 2.05) is 0 Å². The van der Waals surface area contributed by atoms with Gasteiger partial charge in [-0.05, 0) is 49.4 Å². The summed E-state index contributed by atoms with van der Waals surface area (Å²) in [6.45, 7) is 2.00. The normalized spacial score (nSPS) is 11.2. The summed E-state index contributed by atoms with van der Waals surface area (Å²) in [4.78, 5) is 12.4. The number of anilines is 1. The van der Waals surface area contributed by atoms with Crippen molar-refractivity contribution in [3.63, 3.8) is 0 Å². The summed E-state index contributed by atoms with van der Waals surface area (Å²) in [6, 6.07) is 11.1. The maximum absolute atomic E-state index is 12.5. The topological polar surface area (TPSA) is 101 Å². The summed E-state index contributed by atoms with van der Waals surface area (Å²) in [6.07, 6.45) is 1.60. The minimum absolute atomic E-state index is 0.187. The molecule has 0 radical (unpaired) electrons. The maximum atomic E-state index is 12.5. The molecule has 0 aliphatic heterocycles. The van der Waals surface area contributed by atoms with Gasteiger partial charge in [0.15, 0.2) is 0 Å². The van der Waals surface area contributed by atoms with Gasteiger partial charge >= 0.3 is 5.97 Å². The minimum Gasteiger partial charge on any atom is -0.462 e. The zero-order valence-electron chi connectivity index (χ0n) is 13.2. The molecule has 1 aromatic carbocycles. The van der Waals surface area contributed by atoms with Crippen molar-refractivity contribution in [3.05, 3.63) is 54.2 Å². The summed E-state index contributed by atoms with van der Waals surface area (Å²) in [5.74, 6) is -0.445. The Hall–Kier alpha value is -2.65. The number of H-pyrrole nitrogens is 1. The van der Waals surface area contributed by atoms with Gasteiger partial charge in [-0.1, -0.05) is 0 Å². The van der Waals surface area contributed by atoms with Crippen LogP contribution in [-0.2, 0) is 14.8 Å². The molecule has 2 aromatic heterocycles. The number of thiophene rings is 1. The third-order valence-corrected chi connectivity index (χ3v) is 6.25. The van der Waals surface area contributed by atoms with Crippen molar-refractivity contribution in [2.75, 3.05) is 11.3 Å². The Kier molecular flexibility index (Phi) is 4.86. The molecule has 0 saturated carbocycles. The number of rotatable bonds is 6. The van der Waals surface area contributed by atoms with Crippen LogP contribution < -0.4 is 4.72 Å². The average molecular weight is 377 g/mol. The first-order valence-electron chi connectivity index (χ1n) is 7.39. The fraction of sp³-hybridized carbons (Fsp3) is 0.125. The van der Waals surface area contributed by atoms with Gasteiger partial charge in [-0.2, -0.15) is 5.10 Å². The number of nitrogens with zero attached hydrogens (tertiary/aromatic N) is 1. The third-order valence-electron chi connectivity index (χ3n) is 3.26. The van der Waals surface area contributed by atoms with E-state index in [0.29, 0.717) is 11.3 Å². The Bertz CT molecular complexity index is 961. The van der Waals surface area contributed by atoms with Crippen LogP contribution in [0.15, 0.2) is 52.9 Å². The molecule has 2 N–H and O–H groups in total. The van der Waals surface area contributed by atoms with Crippen molar-refractivity contribution in [2.45, 2.75) is 11.1 Å². The number of ether oxygens (including phenoxy) is 1. The zero-order chi connectivity index (χ0) is 17.9. The van der Waals surface area contributed by atoms with E-state index in [1.54, 1.807) is 25.3 Å². The molecule has 0 aliphatic carbocycles. The molecule has 3 aromatic rings. The van der Waals surface area contributed by atoms with E-state index in [0.717, 1.165) is 21.9 Å². The van der Waals surface area contributed by atoms with Crippen LogP contribution in [0.1, 0.15) is 17.3 Å². The predicted molar refractivity (Wildman–Crippen MR) is 95.1 cm³/mol. The second kappa shape index (κ2) is 7.08. The summed E-state index contributed by atoms with van der Waals surface area (Å²) in [7, 11) is -3.71. The lowest BCUT2D eigenvalue weighted by atomic mass is 10.2. The molecule has 0 fully saturated rings. The van der Waals surface area contributed by atoms with E-state index in [9.17, 15) is 13.2 Å². The van der Waals surface area contributed by atoms with Crippen molar-refractivity contribution in [3.8, 4) is 10.6 Å². The summed E-state index contributed by atoms with van der Waals surface area (Å²) in [5.41, 5.74) is 1.48. The number of benzene rings is 1. The first-order valence-corrected chi connectivity index (χ1v) is 9.69. The van der Waals surface area contributed by atoms with Gasteiger partial charge in [-0.15, -0.1) is 11.3 Å². The molecule has 0 amide bonds. The molecule has 0 atom stereocenters. The molecule has 0 unspecified atom stereocenters. The van der Waals surface area contributed by atoms with Crippen LogP contribution in [0.5, 0.6) is 0 Å². The fourth-order valence-electron chi connectivity index (χ4n) is 2.10. The molecule has 130 valence electrons. The largest absolute Gasteiger partial charge is 0.462 e. The lowest BCUT2D eigenvalue weighted by Crippen LogP contribution is -2.11. The highest BCUT2D eigenvalue weighted by Gasteiger charge is 2.18. The quantitative estimate of drug-likeness (QED) is 0.643. The van der Waals surface area contributed by atoms with Gasteiger partial charge in [0.1, 0.15) is 4.21 Å². The molecular formula is C16H15N3O4S2. The molecule has 25 heavy (non-hydrogen) atoms. The average Bonchev–Trinajstić information content (AvgIpc) is 3.27. The Morgan fingerprint density at radius 3 is 2.60 bits per heavy atom. The summed E-state index contributed by atoms with van der Waals surface area (Å²) >= 11 is 1.14. The van der Waals surface area contributed by atoms with E-state index < -0.39 is 16.0 Å². The number of esters is 1. The molecule has 7 nitrogen and oxygen atoms in total. The predicted octanol–water partition coefficient (Wildman–Crippen LogP) is 3.12. The van der Waals surface area contributed by atoms with Crippen LogP contribution in [0.25, 0.3) is 10.6 Å². The van der Waals surface area contributed by atoms with E-state index in [2.05, 4.69) is 14.9 Å². The monoisotopic (exact) mass is 377 g/mol. The standard InChI is InChI=1S/C16H15N3O4S2/c1-2-23-16(20)11-3-5-12(6-4-11)19-25(21,22)15-8-7-14(24-15)13-9-10-17-18-13/h3-10,19H,2H2,1H3,(H,17,18). The van der Waals surface area contributed by atoms with E-state index in [1.165, 1.54) is 30.3 Å². The first-order chi connectivity index (χ1) is 12.0. The smallest absolute Gasteiger partial charge is 0.338 e. The van der Waals surface area contributed by atoms with Gasteiger partial charge < -0.3 is 4.74 Å². The number of aromatic nitrogens is 2. The van der Waals surface area contributed by atoms with Crippen molar-refractivity contribution >= 4 is 33.0 Å². The Morgan fingerprint density at radius 2 is 1.96 bits per heavy atom. The van der Waals surface area contributed by atoms with Crippen LogP contribution in [0.3, 0.4) is 0 Å². The minimum atomic E-state index is -3.71. The van der Waals surface area contributed by atoms with Gasteiger partial charge in [0, 0.05) is 11.9 Å². The molecule has 3 rings (SSSR count). The van der Waals surface area contributed by atoms with Gasteiger partial charge in [0.25, 0.3) is 10.0 Å². The van der Waals surface area contributed by atoms with Crippen LogP contribution >= 0.6 is 11.3 Å². The molecular weight excluding hydrogens is 362 g/mol. The highest BCUT2D eigenvalue weighted by Crippen LogP contribution is 2.30. The number of nitrogens with one attached hydrogen (secondary N) is 2. The SMILES string of the molecule is CCOC(=O)c1ccc(NS(=O)(=O)c2ccc(-c3ccn[nH]3)s2)cc1. The van der Waals surface area contributed by atoms with Crippen molar-refractivity contribution in [2.24, 2.45) is 0 Å². The van der Waals surface area contributed by atoms with Crippen LogP contribution in [0.4, 0.5) is 5.69 Å². The molecule has 0 bridgehead atoms. The van der Waals surface area contributed by atoms with Crippen molar-refractivity contribution in [1.82, 2.24) is 10.2 Å². The second-order valence-corrected chi connectivity index (χ2v) is 7.99. The molecule has 0 saturated heterocycles. The summed E-state index contributed by atoms with van der Waals surface area (Å²) < 4.78 is 32.6. The highest BCUT2D eigenvalue weighted by molar-refractivity contribution is 7.94. The highest BCUT2D eigenvalue weighted by atomic mass is 32.2. The van der Waals surface area contributed by atoms with Crippen LogP contribution in [0.2, 0.25) is 0 Å². The van der Waals surface area contributed by atoms with Crippen molar-refractivity contribution in [1.29, 1.82) is 0 Å². The molecule has 0 spiro atoms. The van der Waals surface area contributed by atoms with E-state index in [-0.39, 0.29) is 10.8 Å². The number of aromatic amines is 1. The van der Waals surface area contributed by atoms with Gasteiger partial charge in [0.05, 0.1) is 22.7 Å². The van der Waals surface area contributed by atoms with Crippen LogP contribution in [-0.4, -0.2) is 31.2 Å². The van der Waals surface area contributed by atoms with Gasteiger partial charge in [0.2, 0.25) is 0 Å². The Labute approximate surface area is 148 Å². The number of hydrogen-bond acceptors (Lipinski definition) is 6. The number of carbonyl (C=O) groups is 1. The lowest BCUT2D eigenvalue weighted by Gasteiger charge is -2.07. The van der Waals surface area contributed by atoms with E-state index >= 15 is 0 Å². The Morgan fingerprint density at radius 1 is 1.20 bits per heavy atom. The van der Waals surface area contributed by atoms with Gasteiger partial charge in [-0.3, -0.25) is 9.82 Å². The molecule has 2 heterocycles. The lowest BCUT2D eigenvalue weighted by molar-refractivity contribution is 0.0526. The number of hydrogen-bond donors (Lipinski definition) is 2. The maximum Gasteiger partial charge on any atom is 0.338 e. The van der Waals surface area contributed by atoms with Crippen molar-refractivity contribution < 1.29 is 17.9 Å². The van der Waals surface area contributed by atoms with E-state index in [4.69, 9.17) is 4.74 Å². The first kappa shape index (κ1) is 17.2. The summed E-state index contributed by atoms with van der Waals surface area (Å²) in [5, 5.41) is 6.65. The zero-order valence-corrected chi connectivity index (χ0v) is 14.9. The van der Waals surface area contributed by atoms with Crippen LogP contribution in [0, 0.1) is 0 Å². The van der Waals surface area contributed by atoms with Gasteiger partial charge in [-0.25, -0.2) is 13.2 Å². The fourth-order valence-corrected chi connectivity index (χ4v) is 4.44. The number of carbonyl (C=O) groups excluding carboxylic acids is 1. The second-order valence-electron chi connectivity index (χ2n) is 4.99. The third kappa shape index (κ3) is 3.89. The number of sulfonamides is 1. The Balaban J connectivity index is 1.76. The molecule has 9 heteroatoms.